The van der Waals surface area contributed by atoms with Crippen LogP contribution in [0.3, 0.4) is 0 Å². The third kappa shape index (κ3) is 4.87. The summed E-state index contributed by atoms with van der Waals surface area (Å²) in [5.74, 6) is 0.0386. The smallest absolute Gasteiger partial charge is 0.348 e. The lowest BCUT2D eigenvalue weighted by Gasteiger charge is -2.10. The number of carbonyl (C=O) groups excluding carboxylic acids is 2. The average molecular weight is 376 g/mol. The van der Waals surface area contributed by atoms with Gasteiger partial charge in [-0.05, 0) is 54.3 Å². The van der Waals surface area contributed by atoms with Crippen molar-refractivity contribution in [3.05, 3.63) is 65.2 Å². The second-order valence-corrected chi connectivity index (χ2v) is 6.77. The standard InChI is InChI=1S/C20H19F3N2O2/c1-12-9-17(12)19(27)25-16-7-5-14(6-8-16)18(26)24-11-13-3-2-4-15(10-13)20(21,22)23/h2-8,10,12,17H,9,11H2,1H3,(H,24,26)(H,25,27). The van der Waals surface area contributed by atoms with Crippen molar-refractivity contribution in [2.24, 2.45) is 11.8 Å². The van der Waals surface area contributed by atoms with Crippen LogP contribution in [0.5, 0.6) is 0 Å². The highest BCUT2D eigenvalue weighted by Gasteiger charge is 2.39. The van der Waals surface area contributed by atoms with Gasteiger partial charge in [-0.2, -0.15) is 13.2 Å². The largest absolute Gasteiger partial charge is 0.416 e. The summed E-state index contributed by atoms with van der Waals surface area (Å²) in [6, 6.07) is 11.2. The van der Waals surface area contributed by atoms with Gasteiger partial charge in [0.05, 0.1) is 5.56 Å². The van der Waals surface area contributed by atoms with Crippen LogP contribution in [-0.2, 0) is 17.5 Å². The van der Waals surface area contributed by atoms with Gasteiger partial charge in [0.15, 0.2) is 0 Å². The summed E-state index contributed by atoms with van der Waals surface area (Å²) < 4.78 is 38.2. The highest BCUT2D eigenvalue weighted by Crippen LogP contribution is 2.38. The van der Waals surface area contributed by atoms with Gasteiger partial charge in [-0.15, -0.1) is 0 Å². The Morgan fingerprint density at radius 2 is 1.78 bits per heavy atom. The molecule has 2 amide bonds. The molecule has 2 unspecified atom stereocenters. The van der Waals surface area contributed by atoms with E-state index >= 15 is 0 Å². The van der Waals surface area contributed by atoms with E-state index in [1.807, 2.05) is 6.92 Å². The summed E-state index contributed by atoms with van der Waals surface area (Å²) in [6.07, 6.45) is -3.53. The van der Waals surface area contributed by atoms with Crippen LogP contribution in [0.25, 0.3) is 0 Å². The predicted octanol–water partition coefficient (Wildman–Crippen LogP) is 4.23. The number of nitrogens with one attached hydrogen (secondary N) is 2. The molecule has 0 aliphatic heterocycles. The van der Waals surface area contributed by atoms with Crippen molar-refractivity contribution in [3.8, 4) is 0 Å². The van der Waals surface area contributed by atoms with Crippen LogP contribution in [0, 0.1) is 11.8 Å². The fraction of sp³-hybridized carbons (Fsp3) is 0.300. The molecule has 0 spiro atoms. The summed E-state index contributed by atoms with van der Waals surface area (Å²) in [5.41, 5.74) is 0.577. The quantitative estimate of drug-likeness (QED) is 0.821. The van der Waals surface area contributed by atoms with Gasteiger partial charge in [0.1, 0.15) is 0 Å². The molecule has 0 radical (unpaired) electrons. The van der Waals surface area contributed by atoms with E-state index < -0.39 is 17.6 Å². The van der Waals surface area contributed by atoms with Crippen LogP contribution in [-0.4, -0.2) is 11.8 Å². The molecule has 4 nitrogen and oxygen atoms in total. The number of hydrogen-bond donors (Lipinski definition) is 2. The van der Waals surface area contributed by atoms with Crippen LogP contribution in [0.1, 0.15) is 34.8 Å². The van der Waals surface area contributed by atoms with Gasteiger partial charge in [-0.3, -0.25) is 9.59 Å². The number of carbonyl (C=O) groups is 2. The third-order valence-electron chi connectivity index (χ3n) is 4.57. The van der Waals surface area contributed by atoms with Crippen LogP contribution >= 0.6 is 0 Å². The van der Waals surface area contributed by atoms with E-state index in [0.717, 1.165) is 18.6 Å². The molecule has 27 heavy (non-hydrogen) atoms. The van der Waals surface area contributed by atoms with E-state index in [1.165, 1.54) is 12.1 Å². The highest BCUT2D eigenvalue weighted by atomic mass is 19.4. The Balaban J connectivity index is 1.56. The molecule has 1 aliphatic rings. The molecular weight excluding hydrogens is 357 g/mol. The van der Waals surface area contributed by atoms with Crippen molar-refractivity contribution >= 4 is 17.5 Å². The van der Waals surface area contributed by atoms with Gasteiger partial charge < -0.3 is 10.6 Å². The van der Waals surface area contributed by atoms with Crippen LogP contribution in [0.15, 0.2) is 48.5 Å². The van der Waals surface area contributed by atoms with Crippen molar-refractivity contribution in [2.75, 3.05) is 5.32 Å². The Kier molecular flexibility index (Phi) is 5.21. The van der Waals surface area contributed by atoms with E-state index in [2.05, 4.69) is 10.6 Å². The van der Waals surface area contributed by atoms with E-state index in [-0.39, 0.29) is 18.4 Å². The lowest BCUT2D eigenvalue weighted by molar-refractivity contribution is -0.137. The Bertz CT molecular complexity index is 847. The van der Waals surface area contributed by atoms with Gasteiger partial charge in [0.2, 0.25) is 5.91 Å². The first-order valence-electron chi connectivity index (χ1n) is 8.59. The highest BCUT2D eigenvalue weighted by molar-refractivity contribution is 5.96. The van der Waals surface area contributed by atoms with Gasteiger partial charge in [-0.25, -0.2) is 0 Å². The van der Waals surface area contributed by atoms with Crippen LogP contribution < -0.4 is 10.6 Å². The SMILES string of the molecule is CC1CC1C(=O)Nc1ccc(C(=O)NCc2cccc(C(F)(F)F)c2)cc1. The summed E-state index contributed by atoms with van der Waals surface area (Å²) in [6.45, 7) is 2.00. The molecule has 2 aromatic rings. The number of amides is 2. The predicted molar refractivity (Wildman–Crippen MR) is 95.0 cm³/mol. The number of rotatable bonds is 5. The van der Waals surface area contributed by atoms with Crippen molar-refractivity contribution < 1.29 is 22.8 Å². The molecule has 0 bridgehead atoms. The summed E-state index contributed by atoms with van der Waals surface area (Å²) >= 11 is 0. The van der Waals surface area contributed by atoms with Crippen molar-refractivity contribution in [3.63, 3.8) is 0 Å². The topological polar surface area (TPSA) is 58.2 Å². The number of benzene rings is 2. The van der Waals surface area contributed by atoms with Gasteiger partial charge >= 0.3 is 6.18 Å². The molecule has 7 heteroatoms. The normalized spacial score (nSPS) is 18.7. The number of alkyl halides is 3. The van der Waals surface area contributed by atoms with Crippen LogP contribution in [0.2, 0.25) is 0 Å². The lowest BCUT2D eigenvalue weighted by atomic mass is 10.1. The maximum atomic E-state index is 12.7. The average Bonchev–Trinajstić information content (AvgIpc) is 3.37. The first kappa shape index (κ1) is 18.9. The molecule has 1 saturated carbocycles. The van der Waals surface area contributed by atoms with E-state index in [1.54, 1.807) is 24.3 Å². The summed E-state index contributed by atoms with van der Waals surface area (Å²) in [5, 5.41) is 5.40. The molecule has 0 saturated heterocycles. The zero-order valence-corrected chi connectivity index (χ0v) is 14.6. The first-order valence-corrected chi connectivity index (χ1v) is 8.59. The molecular formula is C20H19F3N2O2. The monoisotopic (exact) mass is 376 g/mol. The lowest BCUT2D eigenvalue weighted by Crippen LogP contribution is -2.23. The minimum Gasteiger partial charge on any atom is -0.348 e. The summed E-state index contributed by atoms with van der Waals surface area (Å²) in [7, 11) is 0. The van der Waals surface area contributed by atoms with E-state index in [4.69, 9.17) is 0 Å². The Hall–Kier alpha value is -2.83. The van der Waals surface area contributed by atoms with Gasteiger partial charge in [0.25, 0.3) is 5.91 Å². The maximum Gasteiger partial charge on any atom is 0.416 e. The Labute approximate surface area is 154 Å². The molecule has 0 aromatic heterocycles. The van der Waals surface area contributed by atoms with Gasteiger partial charge in [-0.1, -0.05) is 19.1 Å². The molecule has 1 aliphatic carbocycles. The van der Waals surface area contributed by atoms with Crippen molar-refractivity contribution in [2.45, 2.75) is 26.1 Å². The van der Waals surface area contributed by atoms with Crippen molar-refractivity contribution in [1.82, 2.24) is 5.32 Å². The first-order chi connectivity index (χ1) is 12.7. The maximum absolute atomic E-state index is 12.7. The minimum absolute atomic E-state index is 0.0131. The molecule has 2 N–H and O–H groups in total. The zero-order chi connectivity index (χ0) is 19.6. The Morgan fingerprint density at radius 1 is 1.11 bits per heavy atom. The summed E-state index contributed by atoms with van der Waals surface area (Å²) in [4.78, 5) is 24.1. The fourth-order valence-corrected chi connectivity index (χ4v) is 2.77. The Morgan fingerprint density at radius 3 is 2.37 bits per heavy atom. The zero-order valence-electron chi connectivity index (χ0n) is 14.6. The number of halogens is 3. The molecule has 2 aromatic carbocycles. The van der Waals surface area contributed by atoms with Gasteiger partial charge in [0, 0.05) is 23.7 Å². The van der Waals surface area contributed by atoms with Crippen LogP contribution in [0.4, 0.5) is 18.9 Å². The molecule has 3 rings (SSSR count). The number of hydrogen-bond acceptors (Lipinski definition) is 2. The second kappa shape index (κ2) is 7.42. The fourth-order valence-electron chi connectivity index (χ4n) is 2.77. The molecule has 142 valence electrons. The molecule has 2 atom stereocenters. The third-order valence-corrected chi connectivity index (χ3v) is 4.57. The van der Waals surface area contributed by atoms with E-state index in [0.29, 0.717) is 22.7 Å². The molecule has 0 heterocycles. The molecule has 1 fully saturated rings. The minimum atomic E-state index is -4.42. The van der Waals surface area contributed by atoms with Crippen molar-refractivity contribution in [1.29, 1.82) is 0 Å². The second-order valence-electron chi connectivity index (χ2n) is 6.77. The van der Waals surface area contributed by atoms with E-state index in [9.17, 15) is 22.8 Å². The number of anilines is 1.